The lowest BCUT2D eigenvalue weighted by Crippen LogP contribution is -2.37. The van der Waals surface area contributed by atoms with Crippen molar-refractivity contribution in [1.82, 2.24) is 24.8 Å². The molecule has 8 nitrogen and oxygen atoms in total. The van der Waals surface area contributed by atoms with Crippen molar-refractivity contribution >= 4 is 11.9 Å². The lowest BCUT2D eigenvalue weighted by molar-refractivity contribution is 0.0744. The van der Waals surface area contributed by atoms with Crippen LogP contribution in [0.1, 0.15) is 27.4 Å². The minimum atomic E-state index is -0.131. The number of aryl methyl sites for hydroxylation is 1. The SMILES string of the molecule is Cc1cnc(C(=O)N2Cc3cnc(N4CCOCC4)nc3C2)cn1. The van der Waals surface area contributed by atoms with Crippen molar-refractivity contribution in [3.63, 3.8) is 0 Å². The van der Waals surface area contributed by atoms with Crippen LogP contribution < -0.4 is 4.90 Å². The van der Waals surface area contributed by atoms with Crippen LogP contribution in [0.4, 0.5) is 5.95 Å². The molecule has 24 heavy (non-hydrogen) atoms. The number of morpholine rings is 1. The fraction of sp³-hybridized carbons (Fsp3) is 0.438. The van der Waals surface area contributed by atoms with Gasteiger partial charge in [-0.15, -0.1) is 0 Å². The molecule has 0 aromatic carbocycles. The maximum absolute atomic E-state index is 12.6. The van der Waals surface area contributed by atoms with Gasteiger partial charge >= 0.3 is 0 Å². The van der Waals surface area contributed by atoms with Gasteiger partial charge in [-0.1, -0.05) is 0 Å². The Labute approximate surface area is 139 Å². The molecule has 0 atom stereocenters. The predicted molar refractivity (Wildman–Crippen MR) is 85.4 cm³/mol. The third kappa shape index (κ3) is 2.80. The zero-order chi connectivity index (χ0) is 16.5. The van der Waals surface area contributed by atoms with Crippen molar-refractivity contribution in [2.75, 3.05) is 31.2 Å². The Kier molecular flexibility index (Phi) is 3.81. The van der Waals surface area contributed by atoms with Gasteiger partial charge in [-0.3, -0.25) is 9.78 Å². The summed E-state index contributed by atoms with van der Waals surface area (Å²) in [5.74, 6) is 0.579. The van der Waals surface area contributed by atoms with Crippen LogP contribution in [0.3, 0.4) is 0 Å². The molecule has 0 N–H and O–H groups in total. The van der Waals surface area contributed by atoms with Crippen LogP contribution in [0.25, 0.3) is 0 Å². The number of anilines is 1. The average Bonchev–Trinajstić information content (AvgIpc) is 3.06. The molecule has 1 amide bonds. The normalized spacial score (nSPS) is 17.0. The molecular weight excluding hydrogens is 308 g/mol. The van der Waals surface area contributed by atoms with E-state index in [0.29, 0.717) is 37.9 Å². The van der Waals surface area contributed by atoms with E-state index in [-0.39, 0.29) is 5.91 Å². The van der Waals surface area contributed by atoms with E-state index in [0.717, 1.165) is 30.0 Å². The summed E-state index contributed by atoms with van der Waals surface area (Å²) >= 11 is 0. The number of carbonyl (C=O) groups is 1. The first-order chi connectivity index (χ1) is 11.7. The number of rotatable bonds is 2. The summed E-state index contributed by atoms with van der Waals surface area (Å²) in [7, 11) is 0. The molecule has 0 radical (unpaired) electrons. The molecule has 4 rings (SSSR count). The van der Waals surface area contributed by atoms with Crippen LogP contribution in [0.15, 0.2) is 18.6 Å². The van der Waals surface area contributed by atoms with Crippen molar-refractivity contribution in [2.24, 2.45) is 0 Å². The second-order valence-corrected chi connectivity index (χ2v) is 5.95. The molecule has 0 bridgehead atoms. The Hall–Kier alpha value is -2.61. The lowest BCUT2D eigenvalue weighted by atomic mass is 10.3. The summed E-state index contributed by atoms with van der Waals surface area (Å²) in [4.78, 5) is 33.8. The molecule has 8 heteroatoms. The second kappa shape index (κ2) is 6.12. The highest BCUT2D eigenvalue weighted by Gasteiger charge is 2.28. The van der Waals surface area contributed by atoms with Crippen molar-refractivity contribution in [2.45, 2.75) is 20.0 Å². The summed E-state index contributed by atoms with van der Waals surface area (Å²) in [6, 6.07) is 0. The van der Waals surface area contributed by atoms with E-state index in [1.165, 1.54) is 6.20 Å². The van der Waals surface area contributed by atoms with Gasteiger partial charge in [0.1, 0.15) is 5.69 Å². The first-order valence-corrected chi connectivity index (χ1v) is 7.96. The maximum Gasteiger partial charge on any atom is 0.274 e. The standard InChI is InChI=1S/C16H18N6O2/c1-11-6-18-13(8-17-11)15(23)22-9-12-7-19-16(20-14(12)10-22)21-2-4-24-5-3-21/h6-8H,2-5,9-10H2,1H3. The van der Waals surface area contributed by atoms with E-state index < -0.39 is 0 Å². The van der Waals surface area contributed by atoms with Crippen LogP contribution in [-0.2, 0) is 17.8 Å². The summed E-state index contributed by atoms with van der Waals surface area (Å²) in [6.07, 6.45) is 4.94. The second-order valence-electron chi connectivity index (χ2n) is 5.95. The molecule has 2 aromatic heterocycles. The third-order valence-corrected chi connectivity index (χ3v) is 4.22. The topological polar surface area (TPSA) is 84.3 Å². The van der Waals surface area contributed by atoms with Gasteiger partial charge in [-0.2, -0.15) is 0 Å². The van der Waals surface area contributed by atoms with Crippen LogP contribution in [-0.4, -0.2) is 57.0 Å². The van der Waals surface area contributed by atoms with E-state index in [2.05, 4.69) is 24.8 Å². The van der Waals surface area contributed by atoms with E-state index in [1.807, 2.05) is 13.1 Å². The number of nitrogens with zero attached hydrogens (tertiary/aromatic N) is 6. The summed E-state index contributed by atoms with van der Waals surface area (Å²) < 4.78 is 5.36. The highest BCUT2D eigenvalue weighted by Crippen LogP contribution is 2.24. The van der Waals surface area contributed by atoms with Gasteiger partial charge in [0, 0.05) is 37.6 Å². The predicted octanol–water partition coefficient (Wildman–Crippen LogP) is 0.568. The monoisotopic (exact) mass is 326 g/mol. The van der Waals surface area contributed by atoms with Gasteiger partial charge in [0.2, 0.25) is 5.95 Å². The third-order valence-electron chi connectivity index (χ3n) is 4.22. The lowest BCUT2D eigenvalue weighted by Gasteiger charge is -2.26. The quantitative estimate of drug-likeness (QED) is 0.797. The van der Waals surface area contributed by atoms with Crippen molar-refractivity contribution < 1.29 is 9.53 Å². The Morgan fingerprint density at radius 3 is 2.67 bits per heavy atom. The average molecular weight is 326 g/mol. The van der Waals surface area contributed by atoms with Crippen LogP contribution in [0, 0.1) is 6.92 Å². The number of amides is 1. The molecule has 4 heterocycles. The van der Waals surface area contributed by atoms with Crippen LogP contribution in [0.5, 0.6) is 0 Å². The molecule has 2 aromatic rings. The number of carbonyl (C=O) groups excluding carboxylic acids is 1. The van der Waals surface area contributed by atoms with Gasteiger partial charge in [-0.05, 0) is 6.92 Å². The number of hydrogen-bond donors (Lipinski definition) is 0. The molecule has 1 saturated heterocycles. The summed E-state index contributed by atoms with van der Waals surface area (Å²) in [5, 5.41) is 0. The van der Waals surface area contributed by atoms with E-state index in [9.17, 15) is 4.79 Å². The molecule has 0 spiro atoms. The van der Waals surface area contributed by atoms with Crippen LogP contribution in [0.2, 0.25) is 0 Å². The number of ether oxygens (including phenoxy) is 1. The van der Waals surface area contributed by atoms with Crippen molar-refractivity contribution in [3.05, 3.63) is 41.2 Å². The van der Waals surface area contributed by atoms with E-state index in [4.69, 9.17) is 4.74 Å². The van der Waals surface area contributed by atoms with Gasteiger partial charge in [0.15, 0.2) is 0 Å². The van der Waals surface area contributed by atoms with Crippen molar-refractivity contribution in [1.29, 1.82) is 0 Å². The summed E-state index contributed by atoms with van der Waals surface area (Å²) in [5.41, 5.74) is 3.03. The molecule has 0 aliphatic carbocycles. The number of fused-ring (bicyclic) bond motifs is 1. The number of hydrogen-bond acceptors (Lipinski definition) is 7. The van der Waals surface area contributed by atoms with E-state index in [1.54, 1.807) is 11.1 Å². The Balaban J connectivity index is 1.51. The maximum atomic E-state index is 12.6. The van der Waals surface area contributed by atoms with Gasteiger partial charge in [-0.25, -0.2) is 15.0 Å². The van der Waals surface area contributed by atoms with Crippen molar-refractivity contribution in [3.8, 4) is 0 Å². The first-order valence-electron chi connectivity index (χ1n) is 7.96. The fourth-order valence-electron chi connectivity index (χ4n) is 2.87. The highest BCUT2D eigenvalue weighted by molar-refractivity contribution is 5.92. The fourth-order valence-corrected chi connectivity index (χ4v) is 2.87. The Morgan fingerprint density at radius 2 is 1.92 bits per heavy atom. The first kappa shape index (κ1) is 14.9. The smallest absolute Gasteiger partial charge is 0.274 e. The van der Waals surface area contributed by atoms with Gasteiger partial charge < -0.3 is 14.5 Å². The Morgan fingerprint density at radius 1 is 1.08 bits per heavy atom. The molecule has 0 unspecified atom stereocenters. The zero-order valence-electron chi connectivity index (χ0n) is 13.5. The number of aromatic nitrogens is 4. The minimum absolute atomic E-state index is 0.131. The van der Waals surface area contributed by atoms with Gasteiger partial charge in [0.25, 0.3) is 5.91 Å². The molecule has 0 saturated carbocycles. The molecule has 2 aliphatic heterocycles. The van der Waals surface area contributed by atoms with E-state index >= 15 is 0 Å². The summed E-state index contributed by atoms with van der Waals surface area (Å²) in [6.45, 7) is 5.79. The molecule has 124 valence electrons. The van der Waals surface area contributed by atoms with Gasteiger partial charge in [0.05, 0.1) is 37.3 Å². The largest absolute Gasteiger partial charge is 0.378 e. The van der Waals surface area contributed by atoms with Crippen LogP contribution >= 0.6 is 0 Å². The molecule has 2 aliphatic rings. The Bertz CT molecular complexity index is 758. The molecule has 1 fully saturated rings. The minimum Gasteiger partial charge on any atom is -0.378 e. The molecular formula is C16H18N6O2. The highest BCUT2D eigenvalue weighted by atomic mass is 16.5. The zero-order valence-corrected chi connectivity index (χ0v) is 13.5.